The van der Waals surface area contributed by atoms with Gasteiger partial charge in [-0.2, -0.15) is 0 Å². The van der Waals surface area contributed by atoms with Gasteiger partial charge in [0, 0.05) is 0 Å². The monoisotopic (exact) mass is 202 g/mol. The summed E-state index contributed by atoms with van der Waals surface area (Å²) in [6.45, 7) is 12.1. The van der Waals surface area contributed by atoms with Crippen LogP contribution in [0, 0.1) is 13.8 Å². The normalized spacial score (nSPS) is 9.73. The largest absolute Gasteiger partial charge is 0.489 e. The molecule has 0 bridgehead atoms. The molecule has 0 amide bonds. The second kappa shape index (κ2) is 5.40. The van der Waals surface area contributed by atoms with Gasteiger partial charge in [0.1, 0.15) is 12.4 Å². The molecule has 0 heterocycles. The molecule has 1 rings (SSSR count). The van der Waals surface area contributed by atoms with Gasteiger partial charge >= 0.3 is 0 Å². The van der Waals surface area contributed by atoms with Crippen LogP contribution in [-0.4, -0.2) is 6.61 Å². The van der Waals surface area contributed by atoms with Crippen molar-refractivity contribution in [2.24, 2.45) is 0 Å². The SMILES string of the molecule is C=CCOc1c(C)cc(CC=C)cc1C. The summed E-state index contributed by atoms with van der Waals surface area (Å²) in [6.07, 6.45) is 4.58. The zero-order valence-corrected chi connectivity index (χ0v) is 9.55. The van der Waals surface area contributed by atoms with Crippen molar-refractivity contribution in [1.29, 1.82) is 0 Å². The van der Waals surface area contributed by atoms with E-state index in [1.165, 1.54) is 16.7 Å². The van der Waals surface area contributed by atoms with Crippen LogP contribution in [0.3, 0.4) is 0 Å². The highest BCUT2D eigenvalue weighted by Crippen LogP contribution is 2.25. The van der Waals surface area contributed by atoms with E-state index >= 15 is 0 Å². The third-order valence-electron chi connectivity index (χ3n) is 2.25. The minimum atomic E-state index is 0.558. The van der Waals surface area contributed by atoms with Gasteiger partial charge in [-0.05, 0) is 37.0 Å². The van der Waals surface area contributed by atoms with Crippen molar-refractivity contribution in [2.75, 3.05) is 6.61 Å². The van der Waals surface area contributed by atoms with Gasteiger partial charge in [0.25, 0.3) is 0 Å². The molecule has 0 saturated heterocycles. The molecule has 15 heavy (non-hydrogen) atoms. The molecule has 0 atom stereocenters. The van der Waals surface area contributed by atoms with E-state index in [9.17, 15) is 0 Å². The summed E-state index contributed by atoms with van der Waals surface area (Å²) in [4.78, 5) is 0. The van der Waals surface area contributed by atoms with E-state index in [1.54, 1.807) is 6.08 Å². The van der Waals surface area contributed by atoms with Crippen molar-refractivity contribution in [3.63, 3.8) is 0 Å². The summed E-state index contributed by atoms with van der Waals surface area (Å²) < 4.78 is 5.61. The number of hydrogen-bond acceptors (Lipinski definition) is 1. The number of hydrogen-bond donors (Lipinski definition) is 0. The van der Waals surface area contributed by atoms with Gasteiger partial charge < -0.3 is 4.74 Å². The predicted molar refractivity (Wildman–Crippen MR) is 65.5 cm³/mol. The van der Waals surface area contributed by atoms with Gasteiger partial charge in [-0.15, -0.1) is 6.58 Å². The van der Waals surface area contributed by atoms with Crippen molar-refractivity contribution in [2.45, 2.75) is 20.3 Å². The lowest BCUT2D eigenvalue weighted by Gasteiger charge is -2.12. The third kappa shape index (κ3) is 2.98. The van der Waals surface area contributed by atoms with Crippen LogP contribution < -0.4 is 4.74 Å². The topological polar surface area (TPSA) is 9.23 Å². The third-order valence-corrected chi connectivity index (χ3v) is 2.25. The lowest BCUT2D eigenvalue weighted by Crippen LogP contribution is -1.98. The van der Waals surface area contributed by atoms with Gasteiger partial charge in [-0.25, -0.2) is 0 Å². The molecule has 1 aromatic rings. The molecule has 0 aliphatic carbocycles. The summed E-state index contributed by atoms with van der Waals surface area (Å²) in [6, 6.07) is 4.29. The Hall–Kier alpha value is -1.50. The van der Waals surface area contributed by atoms with E-state index in [-0.39, 0.29) is 0 Å². The molecule has 0 radical (unpaired) electrons. The van der Waals surface area contributed by atoms with E-state index in [0.29, 0.717) is 6.61 Å². The second-order valence-corrected chi connectivity index (χ2v) is 3.65. The van der Waals surface area contributed by atoms with Crippen molar-refractivity contribution in [3.05, 3.63) is 54.1 Å². The molecule has 0 saturated carbocycles. The van der Waals surface area contributed by atoms with Crippen LogP contribution in [0.2, 0.25) is 0 Å². The van der Waals surface area contributed by atoms with Crippen LogP contribution in [0.1, 0.15) is 16.7 Å². The maximum Gasteiger partial charge on any atom is 0.125 e. The lowest BCUT2D eigenvalue weighted by molar-refractivity contribution is 0.358. The fraction of sp³-hybridized carbons (Fsp3) is 0.286. The number of rotatable bonds is 5. The molecule has 0 spiro atoms. The Morgan fingerprint density at radius 1 is 1.13 bits per heavy atom. The second-order valence-electron chi connectivity index (χ2n) is 3.65. The van der Waals surface area contributed by atoms with E-state index < -0.39 is 0 Å². The molecule has 0 fully saturated rings. The zero-order chi connectivity index (χ0) is 11.3. The zero-order valence-electron chi connectivity index (χ0n) is 9.55. The first-order chi connectivity index (χ1) is 7.19. The average Bonchev–Trinajstić information content (AvgIpc) is 2.17. The van der Waals surface area contributed by atoms with Crippen LogP contribution in [0.5, 0.6) is 5.75 Å². The van der Waals surface area contributed by atoms with Crippen molar-refractivity contribution in [1.82, 2.24) is 0 Å². The highest BCUT2D eigenvalue weighted by atomic mass is 16.5. The summed E-state index contributed by atoms with van der Waals surface area (Å²) in [7, 11) is 0. The maximum atomic E-state index is 5.61. The number of allylic oxidation sites excluding steroid dienone is 1. The van der Waals surface area contributed by atoms with Crippen molar-refractivity contribution in [3.8, 4) is 5.75 Å². The quantitative estimate of drug-likeness (QED) is 0.663. The van der Waals surface area contributed by atoms with Gasteiger partial charge in [-0.3, -0.25) is 0 Å². The van der Waals surface area contributed by atoms with Crippen LogP contribution in [0.25, 0.3) is 0 Å². The molecule has 0 N–H and O–H groups in total. The molecular formula is C14H18O. The summed E-state index contributed by atoms with van der Waals surface area (Å²) >= 11 is 0. The minimum Gasteiger partial charge on any atom is -0.489 e. The van der Waals surface area contributed by atoms with Crippen LogP contribution in [0.4, 0.5) is 0 Å². The molecule has 1 heteroatoms. The van der Waals surface area contributed by atoms with Crippen LogP contribution >= 0.6 is 0 Å². The summed E-state index contributed by atoms with van der Waals surface area (Å²) in [5, 5.41) is 0. The van der Waals surface area contributed by atoms with E-state index in [4.69, 9.17) is 4.74 Å². The van der Waals surface area contributed by atoms with Crippen LogP contribution in [-0.2, 0) is 6.42 Å². The first kappa shape index (κ1) is 11.6. The molecule has 0 aliphatic heterocycles. The Bertz CT molecular complexity index is 341. The van der Waals surface area contributed by atoms with Crippen LogP contribution in [0.15, 0.2) is 37.4 Å². The van der Waals surface area contributed by atoms with Gasteiger partial charge in [-0.1, -0.05) is 30.9 Å². The predicted octanol–water partition coefficient (Wildman–Crippen LogP) is 3.60. The minimum absolute atomic E-state index is 0.558. The van der Waals surface area contributed by atoms with E-state index in [1.807, 2.05) is 6.08 Å². The Labute approximate surface area is 92.1 Å². The molecule has 0 aliphatic rings. The number of benzene rings is 1. The Balaban J connectivity index is 2.97. The van der Waals surface area contributed by atoms with Gasteiger partial charge in [0.2, 0.25) is 0 Å². The summed E-state index contributed by atoms with van der Waals surface area (Å²) in [5.74, 6) is 0.975. The molecule has 1 nitrogen and oxygen atoms in total. The van der Waals surface area contributed by atoms with Gasteiger partial charge in [0.15, 0.2) is 0 Å². The first-order valence-electron chi connectivity index (χ1n) is 5.13. The number of aryl methyl sites for hydroxylation is 2. The average molecular weight is 202 g/mol. The standard InChI is InChI=1S/C14H18O/c1-5-7-13-9-11(3)14(12(4)10-13)15-8-6-2/h5-6,9-10H,1-2,7-8H2,3-4H3. The van der Waals surface area contributed by atoms with Crippen molar-refractivity contribution < 1.29 is 4.74 Å². The smallest absolute Gasteiger partial charge is 0.125 e. The van der Waals surface area contributed by atoms with E-state index in [0.717, 1.165) is 12.2 Å². The lowest BCUT2D eigenvalue weighted by atomic mass is 10.0. The first-order valence-corrected chi connectivity index (χ1v) is 5.13. The fourth-order valence-corrected chi connectivity index (χ4v) is 1.69. The number of ether oxygens (including phenoxy) is 1. The van der Waals surface area contributed by atoms with Gasteiger partial charge in [0.05, 0.1) is 0 Å². The molecule has 80 valence electrons. The highest BCUT2D eigenvalue weighted by Gasteiger charge is 2.04. The Morgan fingerprint density at radius 3 is 2.20 bits per heavy atom. The summed E-state index contributed by atoms with van der Waals surface area (Å²) in [5.41, 5.74) is 3.63. The molecule has 1 aromatic carbocycles. The van der Waals surface area contributed by atoms with Crippen molar-refractivity contribution >= 4 is 0 Å². The Morgan fingerprint density at radius 2 is 1.73 bits per heavy atom. The molecule has 0 unspecified atom stereocenters. The highest BCUT2D eigenvalue weighted by molar-refractivity contribution is 5.43. The fourth-order valence-electron chi connectivity index (χ4n) is 1.69. The Kier molecular flexibility index (Phi) is 4.17. The molecular weight excluding hydrogens is 184 g/mol. The molecule has 0 aromatic heterocycles. The van der Waals surface area contributed by atoms with E-state index in [2.05, 4.69) is 39.1 Å². The maximum absolute atomic E-state index is 5.61.